The van der Waals surface area contributed by atoms with Crippen LogP contribution in [0.4, 0.5) is 0 Å². The third kappa shape index (κ3) is 8.04. The summed E-state index contributed by atoms with van der Waals surface area (Å²) in [7, 11) is 1.32. The van der Waals surface area contributed by atoms with Gasteiger partial charge in [-0.1, -0.05) is 0 Å². The van der Waals surface area contributed by atoms with E-state index in [-0.39, 0.29) is 19.4 Å². The van der Waals surface area contributed by atoms with Crippen LogP contribution >= 0.6 is 0 Å². The molecule has 0 radical (unpaired) electrons. The fourth-order valence-corrected chi connectivity index (χ4v) is 0.916. The summed E-state index contributed by atoms with van der Waals surface area (Å²) in [5.74, 6) is -0.904. The molecule has 6 nitrogen and oxygen atoms in total. The number of aliphatic hydroxyl groups is 1. The number of aldehydes is 1. The maximum absolute atomic E-state index is 10.5. The second kappa shape index (κ2) is 8.34. The summed E-state index contributed by atoms with van der Waals surface area (Å²) in [5, 5.41) is 17.4. The molecule has 0 aliphatic rings. The van der Waals surface area contributed by atoms with Gasteiger partial charge in [0.05, 0.1) is 0 Å². The van der Waals surface area contributed by atoms with Crippen LogP contribution in [0.5, 0.6) is 0 Å². The molecule has 0 amide bonds. The quantitative estimate of drug-likeness (QED) is 0.317. The number of aliphatic hydroxyl groups excluding tert-OH is 1. The van der Waals surface area contributed by atoms with Gasteiger partial charge >= 0.3 is 5.97 Å². The molecule has 0 aliphatic carbocycles. The highest BCUT2D eigenvalue weighted by atomic mass is 16.6. The summed E-state index contributed by atoms with van der Waals surface area (Å²) in [4.78, 5) is 20.6. The lowest BCUT2D eigenvalue weighted by Crippen LogP contribution is -2.23. The van der Waals surface area contributed by atoms with E-state index in [4.69, 9.17) is 14.9 Å². The van der Waals surface area contributed by atoms with Crippen molar-refractivity contribution in [1.82, 2.24) is 0 Å². The van der Waals surface area contributed by atoms with Gasteiger partial charge in [-0.05, 0) is 6.42 Å². The predicted molar refractivity (Wildman–Crippen MR) is 50.3 cm³/mol. The van der Waals surface area contributed by atoms with Crippen molar-refractivity contribution in [1.29, 1.82) is 0 Å². The van der Waals surface area contributed by atoms with Gasteiger partial charge in [0.1, 0.15) is 12.4 Å². The first-order valence-electron chi connectivity index (χ1n) is 4.59. The Balaban J connectivity index is 3.61. The van der Waals surface area contributed by atoms with Crippen molar-refractivity contribution in [3.8, 4) is 0 Å². The number of hydrogen-bond donors (Lipinski definition) is 2. The molecule has 0 aromatic rings. The summed E-state index contributed by atoms with van der Waals surface area (Å²) in [5.41, 5.74) is 0. The summed E-state index contributed by atoms with van der Waals surface area (Å²) in [6.45, 7) is 0.173. The van der Waals surface area contributed by atoms with E-state index >= 15 is 0 Å². The molecule has 88 valence electrons. The van der Waals surface area contributed by atoms with Crippen LogP contribution in [0.3, 0.4) is 0 Å². The molecule has 0 bridgehead atoms. The minimum Gasteiger partial charge on any atom is -0.481 e. The van der Waals surface area contributed by atoms with Crippen LogP contribution < -0.4 is 0 Å². The summed E-state index contributed by atoms with van der Waals surface area (Å²) >= 11 is 0. The number of aliphatic carboxylic acids is 1. The van der Waals surface area contributed by atoms with E-state index < -0.39 is 18.4 Å². The zero-order valence-electron chi connectivity index (χ0n) is 8.59. The van der Waals surface area contributed by atoms with Gasteiger partial charge in [0.2, 0.25) is 0 Å². The summed E-state index contributed by atoms with van der Waals surface area (Å²) in [6.07, 6.45) is -0.856. The van der Waals surface area contributed by atoms with E-state index in [0.717, 1.165) is 0 Å². The number of carboxylic acids is 1. The van der Waals surface area contributed by atoms with Gasteiger partial charge in [-0.25, -0.2) is 0 Å². The lowest BCUT2D eigenvalue weighted by atomic mass is 10.2. The summed E-state index contributed by atoms with van der Waals surface area (Å²) in [6, 6.07) is 0. The first-order chi connectivity index (χ1) is 7.10. The van der Waals surface area contributed by atoms with Crippen LogP contribution in [0, 0.1) is 0 Å². The molecule has 0 saturated heterocycles. The van der Waals surface area contributed by atoms with E-state index in [0.29, 0.717) is 12.7 Å². The highest BCUT2D eigenvalue weighted by Crippen LogP contribution is 2.03. The van der Waals surface area contributed by atoms with Crippen molar-refractivity contribution >= 4 is 12.3 Å². The van der Waals surface area contributed by atoms with Gasteiger partial charge in [0, 0.05) is 26.6 Å². The topological polar surface area (TPSA) is 93.1 Å². The molecule has 2 unspecified atom stereocenters. The number of methoxy groups -OCH3 is 1. The first-order valence-corrected chi connectivity index (χ1v) is 4.59. The van der Waals surface area contributed by atoms with E-state index in [9.17, 15) is 9.59 Å². The Bertz CT molecular complexity index is 193. The SMILES string of the molecule is COC(O)CC(C=O)OCCCC(=O)O. The Labute approximate surface area is 87.8 Å². The van der Waals surface area contributed by atoms with Crippen LogP contribution in [-0.2, 0) is 19.1 Å². The molecule has 0 fully saturated rings. The fourth-order valence-electron chi connectivity index (χ4n) is 0.916. The Kier molecular flexibility index (Phi) is 7.79. The minimum atomic E-state index is -1.04. The second-order valence-electron chi connectivity index (χ2n) is 2.97. The van der Waals surface area contributed by atoms with Gasteiger partial charge in [-0.2, -0.15) is 0 Å². The molecular formula is C9H16O6. The van der Waals surface area contributed by atoms with E-state index in [2.05, 4.69) is 4.74 Å². The van der Waals surface area contributed by atoms with Crippen LogP contribution in [0.25, 0.3) is 0 Å². The molecular weight excluding hydrogens is 204 g/mol. The number of carbonyl (C=O) groups is 2. The number of carbonyl (C=O) groups excluding carboxylic acids is 1. The standard InChI is InChI=1S/C9H16O6/c1-14-9(13)5-7(6-10)15-4-2-3-8(11)12/h6-7,9,13H,2-5H2,1H3,(H,11,12). The van der Waals surface area contributed by atoms with Gasteiger partial charge < -0.3 is 24.5 Å². The highest BCUT2D eigenvalue weighted by molar-refractivity contribution is 5.66. The smallest absolute Gasteiger partial charge is 0.303 e. The number of carboxylic acid groups (broad SMARTS) is 1. The Morgan fingerprint density at radius 2 is 2.20 bits per heavy atom. The molecule has 0 aromatic carbocycles. The zero-order valence-corrected chi connectivity index (χ0v) is 8.59. The van der Waals surface area contributed by atoms with Gasteiger partial charge in [-0.15, -0.1) is 0 Å². The fraction of sp³-hybridized carbons (Fsp3) is 0.778. The van der Waals surface area contributed by atoms with E-state index in [1.165, 1.54) is 7.11 Å². The highest BCUT2D eigenvalue weighted by Gasteiger charge is 2.13. The van der Waals surface area contributed by atoms with Crippen LogP contribution in [0.2, 0.25) is 0 Å². The van der Waals surface area contributed by atoms with E-state index in [1.807, 2.05) is 0 Å². The zero-order chi connectivity index (χ0) is 11.7. The van der Waals surface area contributed by atoms with Crippen LogP contribution in [-0.4, -0.2) is 48.6 Å². The third-order valence-corrected chi connectivity index (χ3v) is 1.72. The maximum atomic E-state index is 10.5. The summed E-state index contributed by atoms with van der Waals surface area (Å²) < 4.78 is 9.59. The lowest BCUT2D eigenvalue weighted by molar-refractivity contribution is -0.138. The van der Waals surface area contributed by atoms with Crippen molar-refractivity contribution in [2.45, 2.75) is 31.7 Å². The van der Waals surface area contributed by atoms with Crippen molar-refractivity contribution < 1.29 is 29.3 Å². The molecule has 0 aliphatic heterocycles. The van der Waals surface area contributed by atoms with Crippen LogP contribution in [0.15, 0.2) is 0 Å². The molecule has 0 spiro atoms. The monoisotopic (exact) mass is 220 g/mol. The lowest BCUT2D eigenvalue weighted by Gasteiger charge is -2.14. The van der Waals surface area contributed by atoms with Gasteiger partial charge in [-0.3, -0.25) is 4.79 Å². The maximum Gasteiger partial charge on any atom is 0.303 e. The third-order valence-electron chi connectivity index (χ3n) is 1.72. The van der Waals surface area contributed by atoms with Crippen molar-refractivity contribution in [3.05, 3.63) is 0 Å². The van der Waals surface area contributed by atoms with Crippen LogP contribution in [0.1, 0.15) is 19.3 Å². The molecule has 2 atom stereocenters. The molecule has 2 N–H and O–H groups in total. The van der Waals surface area contributed by atoms with Crippen molar-refractivity contribution in [2.75, 3.05) is 13.7 Å². The molecule has 0 aromatic heterocycles. The van der Waals surface area contributed by atoms with E-state index in [1.54, 1.807) is 0 Å². The minimum absolute atomic E-state index is 0.00158. The second-order valence-corrected chi connectivity index (χ2v) is 2.97. The van der Waals surface area contributed by atoms with Crippen molar-refractivity contribution in [3.63, 3.8) is 0 Å². The average Bonchev–Trinajstić information content (AvgIpc) is 2.21. The predicted octanol–water partition coefficient (Wildman–Crippen LogP) is -0.210. The molecule has 6 heteroatoms. The average molecular weight is 220 g/mol. The van der Waals surface area contributed by atoms with Gasteiger partial charge in [0.25, 0.3) is 0 Å². The molecule has 0 saturated carbocycles. The first kappa shape index (κ1) is 14.0. The number of rotatable bonds is 9. The Hall–Kier alpha value is -0.980. The molecule has 15 heavy (non-hydrogen) atoms. The normalized spacial score (nSPS) is 14.5. The largest absolute Gasteiger partial charge is 0.481 e. The van der Waals surface area contributed by atoms with Crippen molar-refractivity contribution in [2.24, 2.45) is 0 Å². The molecule has 0 heterocycles. The number of hydrogen-bond acceptors (Lipinski definition) is 5. The Morgan fingerprint density at radius 1 is 1.53 bits per heavy atom. The Morgan fingerprint density at radius 3 is 2.67 bits per heavy atom. The van der Waals surface area contributed by atoms with Gasteiger partial charge in [0.15, 0.2) is 6.29 Å². The molecule has 0 rings (SSSR count). The number of ether oxygens (including phenoxy) is 2.